The Morgan fingerprint density at radius 3 is 2.88 bits per heavy atom. The number of carboxylic acid groups (broad SMARTS) is 1. The van der Waals surface area contributed by atoms with E-state index < -0.39 is 18.2 Å². The molecule has 4 N–H and O–H groups in total. The molecule has 0 amide bonds. The number of aliphatic hydroxyl groups is 2. The quantitative estimate of drug-likeness (QED) is 0.586. The molecule has 84 valence electrons. The Hall–Kier alpha value is -1.92. The summed E-state index contributed by atoms with van der Waals surface area (Å²) in [6, 6.07) is 3.32. The van der Waals surface area contributed by atoms with Crippen LogP contribution in [-0.4, -0.2) is 37.4 Å². The second kappa shape index (κ2) is 3.92. The van der Waals surface area contributed by atoms with Crippen LogP contribution >= 0.6 is 0 Å². The van der Waals surface area contributed by atoms with Crippen LogP contribution in [0, 0.1) is 0 Å². The smallest absolute Gasteiger partial charge is 0.335 e. The molecule has 2 heterocycles. The van der Waals surface area contributed by atoms with Gasteiger partial charge < -0.3 is 20.3 Å². The number of aromatic amines is 1. The van der Waals surface area contributed by atoms with Crippen LogP contribution in [0.3, 0.4) is 0 Å². The zero-order chi connectivity index (χ0) is 11.7. The number of fused-ring (bicyclic) bond motifs is 1. The lowest BCUT2D eigenvalue weighted by atomic mass is 10.1. The van der Waals surface area contributed by atoms with Gasteiger partial charge in [0, 0.05) is 23.3 Å². The minimum absolute atomic E-state index is 0.266. The highest BCUT2D eigenvalue weighted by Gasteiger charge is 2.25. The van der Waals surface area contributed by atoms with Crippen LogP contribution in [0.2, 0.25) is 0 Å². The summed E-state index contributed by atoms with van der Waals surface area (Å²) in [5.41, 5.74) is 0.905. The van der Waals surface area contributed by atoms with Crippen molar-refractivity contribution in [2.45, 2.75) is 12.2 Å². The molecule has 0 saturated heterocycles. The Morgan fingerprint density at radius 1 is 1.44 bits per heavy atom. The SMILES string of the molecule is O=C(O)C(O)C(O)c1cnc2[nH]ccc2c1. The number of rotatable bonds is 3. The van der Waals surface area contributed by atoms with E-state index in [4.69, 9.17) is 5.11 Å². The van der Waals surface area contributed by atoms with Gasteiger partial charge in [-0.05, 0) is 12.1 Å². The van der Waals surface area contributed by atoms with E-state index in [9.17, 15) is 15.0 Å². The topological polar surface area (TPSA) is 106 Å². The largest absolute Gasteiger partial charge is 0.479 e. The van der Waals surface area contributed by atoms with Gasteiger partial charge in [0.1, 0.15) is 11.8 Å². The normalized spacial score (nSPS) is 14.9. The van der Waals surface area contributed by atoms with Crippen molar-refractivity contribution < 1.29 is 20.1 Å². The van der Waals surface area contributed by atoms with Gasteiger partial charge in [-0.3, -0.25) is 0 Å². The minimum Gasteiger partial charge on any atom is -0.479 e. The molecule has 2 aromatic heterocycles. The van der Waals surface area contributed by atoms with Gasteiger partial charge in [0.05, 0.1) is 0 Å². The van der Waals surface area contributed by atoms with E-state index in [1.54, 1.807) is 18.3 Å². The number of aromatic nitrogens is 2. The monoisotopic (exact) mass is 222 g/mol. The number of nitrogens with zero attached hydrogens (tertiary/aromatic N) is 1. The van der Waals surface area contributed by atoms with Crippen LogP contribution in [0.5, 0.6) is 0 Å². The third-order valence-electron chi connectivity index (χ3n) is 2.31. The first-order valence-electron chi connectivity index (χ1n) is 4.61. The van der Waals surface area contributed by atoms with Gasteiger partial charge in [0.2, 0.25) is 0 Å². The summed E-state index contributed by atoms with van der Waals surface area (Å²) in [5.74, 6) is -1.47. The van der Waals surface area contributed by atoms with E-state index in [0.717, 1.165) is 5.39 Å². The Bertz CT molecular complexity index is 522. The average Bonchev–Trinajstić information content (AvgIpc) is 2.73. The second-order valence-corrected chi connectivity index (χ2v) is 3.41. The molecule has 0 saturated carbocycles. The molecule has 16 heavy (non-hydrogen) atoms. The molecule has 2 unspecified atom stereocenters. The molecule has 0 aliphatic rings. The fraction of sp³-hybridized carbons (Fsp3) is 0.200. The molecule has 0 radical (unpaired) electrons. The van der Waals surface area contributed by atoms with Crippen molar-refractivity contribution in [3.63, 3.8) is 0 Å². The molecule has 0 aromatic carbocycles. The van der Waals surface area contributed by atoms with Gasteiger partial charge >= 0.3 is 5.97 Å². The maximum atomic E-state index is 10.5. The molecule has 0 spiro atoms. The fourth-order valence-electron chi connectivity index (χ4n) is 1.44. The number of carbonyl (C=O) groups is 1. The van der Waals surface area contributed by atoms with Crippen molar-refractivity contribution in [1.29, 1.82) is 0 Å². The summed E-state index contributed by atoms with van der Waals surface area (Å²) in [6.07, 6.45) is -0.320. The molecular weight excluding hydrogens is 212 g/mol. The lowest BCUT2D eigenvalue weighted by Crippen LogP contribution is -2.27. The number of nitrogens with one attached hydrogen (secondary N) is 1. The van der Waals surface area contributed by atoms with Gasteiger partial charge in [-0.2, -0.15) is 0 Å². The molecule has 0 fully saturated rings. The zero-order valence-corrected chi connectivity index (χ0v) is 8.16. The highest BCUT2D eigenvalue weighted by Crippen LogP contribution is 2.20. The van der Waals surface area contributed by atoms with E-state index in [1.807, 2.05) is 0 Å². The first-order chi connectivity index (χ1) is 7.59. The molecular formula is C10H10N2O4. The third kappa shape index (κ3) is 1.75. The summed E-state index contributed by atoms with van der Waals surface area (Å²) < 4.78 is 0. The lowest BCUT2D eigenvalue weighted by molar-refractivity contribution is -0.153. The Kier molecular flexibility index (Phi) is 2.59. The molecule has 6 heteroatoms. The second-order valence-electron chi connectivity index (χ2n) is 3.41. The first-order valence-corrected chi connectivity index (χ1v) is 4.61. The van der Waals surface area contributed by atoms with Gasteiger partial charge in [-0.15, -0.1) is 0 Å². The highest BCUT2D eigenvalue weighted by molar-refractivity contribution is 5.77. The molecule has 6 nitrogen and oxygen atoms in total. The van der Waals surface area contributed by atoms with E-state index in [2.05, 4.69) is 9.97 Å². The first kappa shape index (κ1) is 10.6. The van der Waals surface area contributed by atoms with Gasteiger partial charge in [0.15, 0.2) is 6.10 Å². The predicted octanol–water partition coefficient (Wildman–Crippen LogP) is 0.0418. The Balaban J connectivity index is 2.35. The molecule has 2 atom stereocenters. The van der Waals surface area contributed by atoms with Crippen molar-refractivity contribution in [3.8, 4) is 0 Å². The molecule has 0 aliphatic heterocycles. The Labute approximate surface area is 90.2 Å². The number of aliphatic carboxylic acids is 1. The number of aliphatic hydroxyl groups excluding tert-OH is 2. The Morgan fingerprint density at radius 2 is 2.19 bits per heavy atom. The number of hydrogen-bond donors (Lipinski definition) is 4. The zero-order valence-electron chi connectivity index (χ0n) is 8.16. The van der Waals surface area contributed by atoms with Crippen LogP contribution in [0.4, 0.5) is 0 Å². The van der Waals surface area contributed by atoms with Gasteiger partial charge in [-0.25, -0.2) is 9.78 Å². The predicted molar refractivity (Wildman–Crippen MR) is 54.7 cm³/mol. The standard InChI is InChI=1S/C10H10N2O4/c13-7(8(14)10(15)16)6-3-5-1-2-11-9(5)12-4-6/h1-4,7-8,13-14H,(H,11,12)(H,15,16). The number of hydrogen-bond acceptors (Lipinski definition) is 4. The number of pyridine rings is 1. The van der Waals surface area contributed by atoms with E-state index in [-0.39, 0.29) is 5.56 Å². The van der Waals surface area contributed by atoms with E-state index in [0.29, 0.717) is 5.65 Å². The number of carboxylic acids is 1. The summed E-state index contributed by atoms with van der Waals surface area (Å²) in [4.78, 5) is 17.3. The lowest BCUT2D eigenvalue weighted by Gasteiger charge is -2.13. The summed E-state index contributed by atoms with van der Waals surface area (Å²) in [7, 11) is 0. The summed E-state index contributed by atoms with van der Waals surface area (Å²) in [6.45, 7) is 0. The molecule has 0 aliphatic carbocycles. The van der Waals surface area contributed by atoms with Crippen LogP contribution in [-0.2, 0) is 4.79 Å². The van der Waals surface area contributed by atoms with Crippen LogP contribution in [0.15, 0.2) is 24.5 Å². The van der Waals surface area contributed by atoms with Crippen LogP contribution in [0.25, 0.3) is 11.0 Å². The maximum absolute atomic E-state index is 10.5. The summed E-state index contributed by atoms with van der Waals surface area (Å²) in [5, 5.41) is 28.1. The van der Waals surface area contributed by atoms with E-state index in [1.165, 1.54) is 6.20 Å². The van der Waals surface area contributed by atoms with Crippen molar-refractivity contribution in [3.05, 3.63) is 30.1 Å². The van der Waals surface area contributed by atoms with Crippen molar-refractivity contribution in [2.24, 2.45) is 0 Å². The van der Waals surface area contributed by atoms with E-state index >= 15 is 0 Å². The van der Waals surface area contributed by atoms with Gasteiger partial charge in [0.25, 0.3) is 0 Å². The van der Waals surface area contributed by atoms with Crippen molar-refractivity contribution >= 4 is 17.0 Å². The number of H-pyrrole nitrogens is 1. The summed E-state index contributed by atoms with van der Waals surface area (Å²) >= 11 is 0. The fourth-order valence-corrected chi connectivity index (χ4v) is 1.44. The molecule has 2 aromatic rings. The third-order valence-corrected chi connectivity index (χ3v) is 2.31. The van der Waals surface area contributed by atoms with Crippen molar-refractivity contribution in [1.82, 2.24) is 9.97 Å². The minimum atomic E-state index is -1.85. The molecule has 2 rings (SSSR count). The molecule has 0 bridgehead atoms. The average molecular weight is 222 g/mol. The van der Waals surface area contributed by atoms with Crippen LogP contribution in [0.1, 0.15) is 11.7 Å². The van der Waals surface area contributed by atoms with Gasteiger partial charge in [-0.1, -0.05) is 0 Å². The van der Waals surface area contributed by atoms with Crippen molar-refractivity contribution in [2.75, 3.05) is 0 Å². The highest BCUT2D eigenvalue weighted by atomic mass is 16.4. The maximum Gasteiger partial charge on any atom is 0.335 e. The van der Waals surface area contributed by atoms with Crippen LogP contribution < -0.4 is 0 Å².